The maximum Gasteiger partial charge on any atom is 0.0446 e. The van der Waals surface area contributed by atoms with Gasteiger partial charge in [-0.25, -0.2) is 0 Å². The average molecular weight is 239 g/mol. The zero-order valence-electron chi connectivity index (χ0n) is 10.1. The van der Waals surface area contributed by atoms with Gasteiger partial charge in [0.05, 0.1) is 0 Å². The molecule has 2 nitrogen and oxygen atoms in total. The molecule has 3 heteroatoms. The molecular weight excluding hydrogens is 218 g/mol. The van der Waals surface area contributed by atoms with E-state index in [0.717, 1.165) is 18.7 Å². The van der Waals surface area contributed by atoms with E-state index in [1.807, 2.05) is 11.8 Å². The summed E-state index contributed by atoms with van der Waals surface area (Å²) in [5.41, 5.74) is 1.33. The quantitative estimate of drug-likeness (QED) is 0.717. The van der Waals surface area contributed by atoms with E-state index in [9.17, 15) is 0 Å². The van der Waals surface area contributed by atoms with E-state index in [0.29, 0.717) is 6.04 Å². The lowest BCUT2D eigenvalue weighted by molar-refractivity contribution is 0.271. The molecule has 90 valence electrons. The van der Waals surface area contributed by atoms with E-state index in [1.54, 1.807) is 0 Å². The molecule has 0 radical (unpaired) electrons. The summed E-state index contributed by atoms with van der Waals surface area (Å²) >= 11 is 1.86. The smallest absolute Gasteiger partial charge is 0.0446 e. The van der Waals surface area contributed by atoms with Crippen molar-refractivity contribution in [1.29, 1.82) is 0 Å². The summed E-state index contributed by atoms with van der Waals surface area (Å²) in [4.78, 5) is 1.34. The lowest BCUT2D eigenvalue weighted by Gasteiger charge is -2.16. The number of aryl methyl sites for hydroxylation is 1. The van der Waals surface area contributed by atoms with Crippen molar-refractivity contribution in [2.24, 2.45) is 0 Å². The molecule has 0 saturated heterocycles. The summed E-state index contributed by atoms with van der Waals surface area (Å²) in [5.74, 6) is 1.01. The van der Waals surface area contributed by atoms with E-state index in [-0.39, 0.29) is 6.61 Å². The van der Waals surface area contributed by atoms with Crippen LogP contribution in [0.3, 0.4) is 0 Å². The van der Waals surface area contributed by atoms with Crippen LogP contribution in [0.2, 0.25) is 0 Å². The molecule has 2 N–H and O–H groups in total. The van der Waals surface area contributed by atoms with Crippen molar-refractivity contribution in [3.8, 4) is 0 Å². The minimum atomic E-state index is 0.256. The Morgan fingerprint density at radius 3 is 2.75 bits per heavy atom. The van der Waals surface area contributed by atoms with Gasteiger partial charge in [0.1, 0.15) is 0 Å². The number of thioether (sulfide) groups is 1. The highest BCUT2D eigenvalue weighted by atomic mass is 32.2. The number of rotatable bonds is 7. The van der Waals surface area contributed by atoms with Crippen LogP contribution < -0.4 is 5.32 Å². The molecule has 0 aliphatic rings. The number of hydrogen-bond donors (Lipinski definition) is 2. The summed E-state index contributed by atoms with van der Waals surface area (Å²) in [6, 6.07) is 8.83. The molecule has 0 spiro atoms. The number of aliphatic hydroxyl groups excluding tert-OH is 1. The molecule has 0 aliphatic carbocycles. The first-order valence-electron chi connectivity index (χ1n) is 5.80. The minimum absolute atomic E-state index is 0.256. The first-order valence-corrected chi connectivity index (χ1v) is 6.79. The van der Waals surface area contributed by atoms with E-state index >= 15 is 0 Å². The van der Waals surface area contributed by atoms with Crippen molar-refractivity contribution in [3.63, 3.8) is 0 Å². The van der Waals surface area contributed by atoms with Gasteiger partial charge in [0, 0.05) is 23.3 Å². The van der Waals surface area contributed by atoms with Gasteiger partial charge in [0.2, 0.25) is 0 Å². The fourth-order valence-electron chi connectivity index (χ4n) is 1.60. The second-order valence-corrected chi connectivity index (χ2v) is 4.91. The van der Waals surface area contributed by atoms with Crippen LogP contribution in [0.5, 0.6) is 0 Å². The fraction of sp³-hybridized carbons (Fsp3) is 0.538. The van der Waals surface area contributed by atoms with Crippen molar-refractivity contribution in [1.82, 2.24) is 5.32 Å². The number of aliphatic hydroxyl groups is 1. The third kappa shape index (κ3) is 4.56. The normalized spacial score (nSPS) is 12.7. The summed E-state index contributed by atoms with van der Waals surface area (Å²) in [7, 11) is 0. The fourth-order valence-corrected chi connectivity index (χ4v) is 2.73. The Bertz CT molecular complexity index is 298. The lowest BCUT2D eigenvalue weighted by Crippen LogP contribution is -2.32. The van der Waals surface area contributed by atoms with Crippen LogP contribution in [0.15, 0.2) is 29.2 Å². The summed E-state index contributed by atoms with van der Waals surface area (Å²) in [6.45, 7) is 5.45. The SMILES string of the molecule is CCNC(CCO)CSc1ccccc1C. The van der Waals surface area contributed by atoms with Crippen molar-refractivity contribution in [3.05, 3.63) is 29.8 Å². The number of nitrogens with one attached hydrogen (secondary N) is 1. The van der Waals surface area contributed by atoms with Crippen LogP contribution in [0, 0.1) is 6.92 Å². The van der Waals surface area contributed by atoms with Gasteiger partial charge in [0.25, 0.3) is 0 Å². The van der Waals surface area contributed by atoms with E-state index in [1.165, 1.54) is 10.5 Å². The van der Waals surface area contributed by atoms with Crippen LogP contribution in [0.1, 0.15) is 18.9 Å². The lowest BCUT2D eigenvalue weighted by atomic mass is 10.2. The molecular formula is C13H21NOS. The molecule has 0 heterocycles. The highest BCUT2D eigenvalue weighted by Crippen LogP contribution is 2.22. The Morgan fingerprint density at radius 1 is 1.38 bits per heavy atom. The molecule has 0 aromatic heterocycles. The molecule has 0 aliphatic heterocycles. The molecule has 0 amide bonds. The van der Waals surface area contributed by atoms with Crippen LogP contribution in [-0.2, 0) is 0 Å². The highest BCUT2D eigenvalue weighted by molar-refractivity contribution is 7.99. The Morgan fingerprint density at radius 2 is 2.12 bits per heavy atom. The topological polar surface area (TPSA) is 32.3 Å². The summed E-state index contributed by atoms with van der Waals surface area (Å²) in [6.07, 6.45) is 0.826. The van der Waals surface area contributed by atoms with E-state index in [2.05, 4.69) is 43.4 Å². The number of benzene rings is 1. The average Bonchev–Trinajstić information content (AvgIpc) is 2.28. The third-order valence-corrected chi connectivity index (χ3v) is 3.84. The van der Waals surface area contributed by atoms with Crippen molar-refractivity contribution < 1.29 is 5.11 Å². The van der Waals surface area contributed by atoms with E-state index < -0.39 is 0 Å². The Labute approximate surface area is 102 Å². The molecule has 1 rings (SSSR count). The number of hydrogen-bond acceptors (Lipinski definition) is 3. The van der Waals surface area contributed by atoms with Gasteiger partial charge >= 0.3 is 0 Å². The molecule has 1 aromatic carbocycles. The standard InChI is InChI=1S/C13H21NOS/c1-3-14-12(8-9-15)10-16-13-7-5-4-6-11(13)2/h4-7,12,14-15H,3,8-10H2,1-2H3. The molecule has 1 aromatic rings. The van der Waals surface area contributed by atoms with Crippen LogP contribution in [0.4, 0.5) is 0 Å². The van der Waals surface area contributed by atoms with Gasteiger partial charge < -0.3 is 10.4 Å². The van der Waals surface area contributed by atoms with Crippen molar-refractivity contribution in [2.75, 3.05) is 18.9 Å². The molecule has 1 unspecified atom stereocenters. The predicted octanol–water partition coefficient (Wildman–Crippen LogP) is 2.45. The molecule has 0 bridgehead atoms. The van der Waals surface area contributed by atoms with Gasteiger partial charge in [-0.05, 0) is 31.5 Å². The predicted molar refractivity (Wildman–Crippen MR) is 71.1 cm³/mol. The van der Waals surface area contributed by atoms with E-state index in [4.69, 9.17) is 5.11 Å². The van der Waals surface area contributed by atoms with Crippen LogP contribution in [0.25, 0.3) is 0 Å². The maximum absolute atomic E-state index is 8.97. The third-order valence-electron chi connectivity index (χ3n) is 2.50. The summed E-state index contributed by atoms with van der Waals surface area (Å²) in [5, 5.41) is 12.4. The minimum Gasteiger partial charge on any atom is -0.396 e. The highest BCUT2D eigenvalue weighted by Gasteiger charge is 2.07. The van der Waals surface area contributed by atoms with Gasteiger partial charge in [0.15, 0.2) is 0 Å². The van der Waals surface area contributed by atoms with Gasteiger partial charge in [-0.2, -0.15) is 0 Å². The van der Waals surface area contributed by atoms with Crippen molar-refractivity contribution in [2.45, 2.75) is 31.2 Å². The van der Waals surface area contributed by atoms with Crippen LogP contribution in [-0.4, -0.2) is 30.1 Å². The maximum atomic E-state index is 8.97. The monoisotopic (exact) mass is 239 g/mol. The first kappa shape index (κ1) is 13.6. The largest absolute Gasteiger partial charge is 0.396 e. The second-order valence-electron chi connectivity index (χ2n) is 3.84. The molecule has 0 fully saturated rings. The zero-order valence-corrected chi connectivity index (χ0v) is 10.9. The Hall–Kier alpha value is -0.510. The van der Waals surface area contributed by atoms with Gasteiger partial charge in [-0.1, -0.05) is 25.1 Å². The summed E-state index contributed by atoms with van der Waals surface area (Å²) < 4.78 is 0. The zero-order chi connectivity index (χ0) is 11.8. The Balaban J connectivity index is 2.45. The second kappa shape index (κ2) is 7.71. The van der Waals surface area contributed by atoms with Crippen molar-refractivity contribution >= 4 is 11.8 Å². The van der Waals surface area contributed by atoms with Gasteiger partial charge in [-0.3, -0.25) is 0 Å². The Kier molecular flexibility index (Phi) is 6.53. The first-order chi connectivity index (χ1) is 7.77. The molecule has 16 heavy (non-hydrogen) atoms. The van der Waals surface area contributed by atoms with Gasteiger partial charge in [-0.15, -0.1) is 11.8 Å². The molecule has 1 atom stereocenters. The van der Waals surface area contributed by atoms with Crippen LogP contribution >= 0.6 is 11.8 Å². The molecule has 0 saturated carbocycles.